The lowest BCUT2D eigenvalue weighted by atomic mass is 10.0. The predicted molar refractivity (Wildman–Crippen MR) is 132 cm³/mol. The van der Waals surface area contributed by atoms with Crippen molar-refractivity contribution >= 4 is 11.5 Å². The number of benzene rings is 3. The van der Waals surface area contributed by atoms with E-state index in [0.29, 0.717) is 39.8 Å². The molecule has 0 aliphatic carbocycles. The topological polar surface area (TPSA) is 74.6 Å². The first-order valence-corrected chi connectivity index (χ1v) is 10.7. The summed E-state index contributed by atoms with van der Waals surface area (Å²) in [5.74, 6) is 0.730. The van der Waals surface area contributed by atoms with Crippen molar-refractivity contribution < 1.29 is 23.4 Å². The number of nitrogens with zero attached hydrogens (tertiary/aromatic N) is 2. The fourth-order valence-electron chi connectivity index (χ4n) is 3.55. The summed E-state index contributed by atoms with van der Waals surface area (Å²) in [7, 11) is 4.58. The van der Waals surface area contributed by atoms with Gasteiger partial charge in [0.05, 0.1) is 32.6 Å². The van der Waals surface area contributed by atoms with Crippen molar-refractivity contribution in [3.05, 3.63) is 96.6 Å². The lowest BCUT2D eigenvalue weighted by Crippen LogP contribution is -1.99. The van der Waals surface area contributed by atoms with E-state index in [-0.39, 0.29) is 11.6 Å². The largest absolute Gasteiger partial charge is 0.493 e. The lowest BCUT2D eigenvalue weighted by Gasteiger charge is -2.13. The monoisotopic (exact) mass is 473 g/mol. The number of para-hydroxylation sites is 1. The van der Waals surface area contributed by atoms with Gasteiger partial charge in [-0.2, -0.15) is 5.10 Å². The van der Waals surface area contributed by atoms with Crippen LogP contribution in [0.25, 0.3) is 16.9 Å². The van der Waals surface area contributed by atoms with E-state index in [9.17, 15) is 9.18 Å². The van der Waals surface area contributed by atoms with Crippen LogP contribution in [0.2, 0.25) is 0 Å². The Labute approximate surface area is 202 Å². The Morgan fingerprint density at radius 3 is 2.20 bits per heavy atom. The highest BCUT2D eigenvalue weighted by Crippen LogP contribution is 2.41. The standard InChI is InChI=1S/C27H24FN3O4/c1-33-24-15-18(16-25(34-2)27(24)35-3)26-22(17-31(30-26)21-7-5-4-6-8-21)23(32)13-14-29-20-11-9-19(28)10-12-20/h4-17,29H,1-3H3/b14-13-. The summed E-state index contributed by atoms with van der Waals surface area (Å²) in [6.45, 7) is 0. The van der Waals surface area contributed by atoms with Crippen LogP contribution in [0.4, 0.5) is 10.1 Å². The molecule has 0 unspecified atom stereocenters. The number of anilines is 1. The summed E-state index contributed by atoms with van der Waals surface area (Å²) in [4.78, 5) is 13.2. The van der Waals surface area contributed by atoms with Crippen LogP contribution in [0.3, 0.4) is 0 Å². The van der Waals surface area contributed by atoms with Crippen molar-refractivity contribution in [3.63, 3.8) is 0 Å². The molecule has 0 saturated heterocycles. The molecule has 0 atom stereocenters. The molecule has 0 amide bonds. The fraction of sp³-hybridized carbons (Fsp3) is 0.111. The quantitative estimate of drug-likeness (QED) is 0.255. The summed E-state index contributed by atoms with van der Waals surface area (Å²) in [5, 5.41) is 7.67. The molecule has 0 fully saturated rings. The Kier molecular flexibility index (Phi) is 7.11. The second-order valence-corrected chi connectivity index (χ2v) is 7.43. The zero-order chi connectivity index (χ0) is 24.8. The number of nitrogens with one attached hydrogen (secondary N) is 1. The van der Waals surface area contributed by atoms with Crippen molar-refractivity contribution in [1.82, 2.24) is 9.78 Å². The SMILES string of the molecule is COc1cc(-c2nn(-c3ccccc3)cc2C(=O)/C=C\Nc2ccc(F)cc2)cc(OC)c1OC. The number of carbonyl (C=O) groups excluding carboxylic acids is 1. The summed E-state index contributed by atoms with van der Waals surface area (Å²) in [6, 6.07) is 18.8. The Morgan fingerprint density at radius 1 is 0.943 bits per heavy atom. The van der Waals surface area contributed by atoms with Gasteiger partial charge < -0.3 is 19.5 Å². The molecule has 4 rings (SSSR count). The molecule has 4 aromatic rings. The predicted octanol–water partition coefficient (Wildman–Crippen LogP) is 5.51. The zero-order valence-corrected chi connectivity index (χ0v) is 19.5. The molecule has 35 heavy (non-hydrogen) atoms. The molecule has 178 valence electrons. The Bertz CT molecular complexity index is 1320. The Balaban J connectivity index is 1.75. The van der Waals surface area contributed by atoms with E-state index in [2.05, 4.69) is 5.32 Å². The second-order valence-electron chi connectivity index (χ2n) is 7.43. The minimum atomic E-state index is -0.334. The number of rotatable bonds is 9. The van der Waals surface area contributed by atoms with Gasteiger partial charge in [0, 0.05) is 29.7 Å². The van der Waals surface area contributed by atoms with Gasteiger partial charge in [-0.1, -0.05) is 18.2 Å². The summed E-state index contributed by atoms with van der Waals surface area (Å²) in [5.41, 5.74) is 2.90. The maximum Gasteiger partial charge on any atom is 0.203 e. The number of hydrogen-bond acceptors (Lipinski definition) is 6. The number of ketones is 1. The molecule has 1 heterocycles. The van der Waals surface area contributed by atoms with Crippen LogP contribution in [0.1, 0.15) is 10.4 Å². The lowest BCUT2D eigenvalue weighted by molar-refractivity contribution is 0.104. The van der Waals surface area contributed by atoms with E-state index in [1.807, 2.05) is 30.3 Å². The van der Waals surface area contributed by atoms with Crippen LogP contribution in [-0.4, -0.2) is 36.9 Å². The van der Waals surface area contributed by atoms with Crippen LogP contribution in [0.5, 0.6) is 17.2 Å². The molecular weight excluding hydrogens is 449 g/mol. The minimum Gasteiger partial charge on any atom is -0.493 e. The zero-order valence-electron chi connectivity index (χ0n) is 19.5. The van der Waals surface area contributed by atoms with Crippen LogP contribution >= 0.6 is 0 Å². The van der Waals surface area contributed by atoms with E-state index >= 15 is 0 Å². The van der Waals surface area contributed by atoms with Gasteiger partial charge in [0.1, 0.15) is 11.5 Å². The Morgan fingerprint density at radius 2 is 1.60 bits per heavy atom. The number of hydrogen-bond donors (Lipinski definition) is 1. The van der Waals surface area contributed by atoms with Crippen LogP contribution in [-0.2, 0) is 0 Å². The van der Waals surface area contributed by atoms with Crippen molar-refractivity contribution in [2.24, 2.45) is 0 Å². The van der Waals surface area contributed by atoms with Gasteiger partial charge in [-0.3, -0.25) is 4.79 Å². The summed E-state index contributed by atoms with van der Waals surface area (Å²) < 4.78 is 31.2. The van der Waals surface area contributed by atoms with Crippen LogP contribution in [0.15, 0.2) is 85.2 Å². The van der Waals surface area contributed by atoms with Crippen molar-refractivity contribution in [2.45, 2.75) is 0 Å². The highest BCUT2D eigenvalue weighted by atomic mass is 19.1. The summed E-state index contributed by atoms with van der Waals surface area (Å²) in [6.07, 6.45) is 4.59. The van der Waals surface area contributed by atoms with Crippen LogP contribution in [0, 0.1) is 5.82 Å². The number of halogens is 1. The molecule has 0 aliphatic rings. The number of aromatic nitrogens is 2. The van der Waals surface area contributed by atoms with Crippen molar-refractivity contribution in [3.8, 4) is 34.2 Å². The molecule has 0 saturated carbocycles. The summed E-state index contributed by atoms with van der Waals surface area (Å²) >= 11 is 0. The third-order valence-corrected chi connectivity index (χ3v) is 5.27. The fourth-order valence-corrected chi connectivity index (χ4v) is 3.55. The molecule has 7 nitrogen and oxygen atoms in total. The number of methoxy groups -OCH3 is 3. The number of allylic oxidation sites excluding steroid dienone is 1. The number of carbonyl (C=O) groups is 1. The van der Waals surface area contributed by atoms with E-state index < -0.39 is 0 Å². The number of ether oxygens (including phenoxy) is 3. The van der Waals surface area contributed by atoms with Gasteiger partial charge in [0.15, 0.2) is 17.3 Å². The van der Waals surface area contributed by atoms with Gasteiger partial charge in [-0.15, -0.1) is 0 Å². The average molecular weight is 474 g/mol. The van der Waals surface area contributed by atoms with E-state index in [0.717, 1.165) is 5.69 Å². The van der Waals surface area contributed by atoms with Gasteiger partial charge >= 0.3 is 0 Å². The molecule has 0 radical (unpaired) electrons. The molecule has 1 aromatic heterocycles. The first kappa shape index (κ1) is 23.6. The highest BCUT2D eigenvalue weighted by molar-refractivity contribution is 6.08. The van der Waals surface area contributed by atoms with Gasteiger partial charge in [-0.05, 0) is 48.5 Å². The molecular formula is C27H24FN3O4. The molecule has 0 spiro atoms. The normalized spacial score (nSPS) is 10.9. The molecule has 8 heteroatoms. The third-order valence-electron chi connectivity index (χ3n) is 5.27. The average Bonchev–Trinajstić information content (AvgIpc) is 3.35. The maximum atomic E-state index is 13.2. The highest BCUT2D eigenvalue weighted by Gasteiger charge is 2.21. The van der Waals surface area contributed by atoms with E-state index in [1.165, 1.54) is 45.7 Å². The molecule has 1 N–H and O–H groups in total. The first-order chi connectivity index (χ1) is 17.0. The smallest absolute Gasteiger partial charge is 0.203 e. The molecule has 0 aliphatic heterocycles. The maximum absolute atomic E-state index is 13.2. The first-order valence-electron chi connectivity index (χ1n) is 10.7. The van der Waals surface area contributed by atoms with Crippen molar-refractivity contribution in [1.29, 1.82) is 0 Å². The van der Waals surface area contributed by atoms with Crippen LogP contribution < -0.4 is 19.5 Å². The minimum absolute atomic E-state index is 0.273. The van der Waals surface area contributed by atoms with Gasteiger partial charge in [0.25, 0.3) is 0 Å². The van der Waals surface area contributed by atoms with Crippen molar-refractivity contribution in [2.75, 3.05) is 26.6 Å². The van der Waals surface area contributed by atoms with Gasteiger partial charge in [-0.25, -0.2) is 9.07 Å². The van der Waals surface area contributed by atoms with E-state index in [4.69, 9.17) is 19.3 Å². The van der Waals surface area contributed by atoms with E-state index in [1.54, 1.807) is 35.1 Å². The van der Waals surface area contributed by atoms with Gasteiger partial charge in [0.2, 0.25) is 5.75 Å². The molecule has 3 aromatic carbocycles. The Hall–Kier alpha value is -4.59. The molecule has 0 bridgehead atoms. The second kappa shape index (κ2) is 10.6. The third kappa shape index (κ3) is 5.16.